The third kappa shape index (κ3) is 11.6. The number of benzene rings is 2. The number of H-pyrrole nitrogens is 1. The molecule has 23 heteroatoms. The summed E-state index contributed by atoms with van der Waals surface area (Å²) < 4.78 is 54.7. The second kappa shape index (κ2) is 23.3. The molecule has 85 heavy (non-hydrogen) atoms. The van der Waals surface area contributed by atoms with Crippen molar-refractivity contribution < 1.29 is 42.2 Å². The van der Waals surface area contributed by atoms with Gasteiger partial charge < -0.3 is 49.1 Å². The molecule has 2 aliphatic carbocycles. The van der Waals surface area contributed by atoms with E-state index in [0.717, 1.165) is 125 Å². The Hall–Kier alpha value is -7.15. The SMILES string of the molecule is COc1cc(CN2CCN(C3CC4(CCN(c5cnc(C(=O)NS(=O)(=O)c6ccc(NCC7CCC(C)(O)CC7)c([N+](=O)[O-])c6)c(N6c7cc8cc[nH]c8nc7O[C@H]7COCC[C@@H]76)c5)CC4)C3)[C@H](c3ccccc3C)C2)cnc1N1CCOCC1. The number of nitro benzene ring substituents is 1. The van der Waals surface area contributed by atoms with Gasteiger partial charge in [-0.1, -0.05) is 24.3 Å². The third-order valence-corrected chi connectivity index (χ3v) is 20.6. The highest BCUT2D eigenvalue weighted by molar-refractivity contribution is 7.90. The standard InChI is InChI=1S/C62H76N12O10S/c1-40-6-4-5-7-47(40)53-38-69(37-42-28-54(81-3)58(66-35-42)71-23-26-82-27-24-71)21-22-72(53)45-32-62(33-45)16-19-70(20-17-62)44-30-51(73-49-13-25-83-39-55(49)84-60-52(73)29-43-12-18-63-57(43)67-60)56(65-36-44)59(75)68-85(79,80)46-8-9-48(50(31-46)74(77)78)64-34-41-10-14-61(2,76)15-11-41/h4-9,12,18,28-31,35-36,41,45,49,53,55,64,76H,10-11,13-17,19-27,32-34,37-39H2,1-3H3,(H,63,67)(H,68,75)/t41?,49-,53-,55-,61?/m0/s1. The number of methoxy groups -OCH3 is 1. The van der Waals surface area contributed by atoms with Gasteiger partial charge in [-0.05, 0) is 136 Å². The van der Waals surface area contributed by atoms with E-state index in [1.165, 1.54) is 23.3 Å². The zero-order valence-corrected chi connectivity index (χ0v) is 49.4. The van der Waals surface area contributed by atoms with Crippen molar-refractivity contribution in [2.45, 2.75) is 113 Å². The summed E-state index contributed by atoms with van der Waals surface area (Å²) in [5.41, 5.74) is 5.23. The number of aromatic nitrogens is 4. The molecule has 0 bridgehead atoms. The van der Waals surface area contributed by atoms with Gasteiger partial charge >= 0.3 is 0 Å². The maximum Gasteiger partial charge on any atom is 0.293 e. The number of carbonyl (C=O) groups is 1. The van der Waals surface area contributed by atoms with Crippen molar-refractivity contribution in [2.75, 3.05) is 106 Å². The number of nitrogens with one attached hydrogen (secondary N) is 3. The Bertz CT molecular complexity index is 3570. The lowest BCUT2D eigenvalue weighted by atomic mass is 9.59. The van der Waals surface area contributed by atoms with Crippen LogP contribution in [0.1, 0.15) is 97.9 Å². The van der Waals surface area contributed by atoms with Gasteiger partial charge in [0.1, 0.15) is 23.1 Å². The Morgan fingerprint density at radius 1 is 0.906 bits per heavy atom. The molecule has 450 valence electrons. The van der Waals surface area contributed by atoms with Gasteiger partial charge in [0.25, 0.3) is 21.6 Å². The number of hydrogen-bond acceptors (Lipinski definition) is 19. The molecule has 6 fully saturated rings. The minimum atomic E-state index is -4.69. The van der Waals surface area contributed by atoms with Crippen LogP contribution in [0, 0.1) is 28.4 Å². The number of anilines is 5. The zero-order valence-electron chi connectivity index (χ0n) is 48.6. The molecule has 2 saturated carbocycles. The topological polar surface area (TPSA) is 246 Å². The summed E-state index contributed by atoms with van der Waals surface area (Å²) in [7, 11) is -2.96. The summed E-state index contributed by atoms with van der Waals surface area (Å²) in [5, 5.41) is 26.8. The molecular formula is C62H76N12O10S. The predicted molar refractivity (Wildman–Crippen MR) is 322 cm³/mol. The van der Waals surface area contributed by atoms with Crippen molar-refractivity contribution in [1.82, 2.24) is 34.5 Å². The molecule has 9 heterocycles. The van der Waals surface area contributed by atoms with Gasteiger partial charge in [-0.3, -0.25) is 24.7 Å². The van der Waals surface area contributed by atoms with Crippen LogP contribution in [-0.4, -0.2) is 164 Å². The highest BCUT2D eigenvalue weighted by Gasteiger charge is 2.50. The molecule has 13 rings (SSSR count). The van der Waals surface area contributed by atoms with E-state index in [0.29, 0.717) is 74.6 Å². The van der Waals surface area contributed by atoms with E-state index in [4.69, 9.17) is 33.9 Å². The molecule has 0 radical (unpaired) electrons. The number of sulfonamides is 1. The Morgan fingerprint density at radius 3 is 2.48 bits per heavy atom. The predicted octanol–water partition coefficient (Wildman–Crippen LogP) is 7.88. The molecule has 7 aliphatic rings. The molecule has 22 nitrogen and oxygen atoms in total. The maximum absolute atomic E-state index is 14.8. The molecule has 4 aromatic heterocycles. The number of pyridine rings is 3. The summed E-state index contributed by atoms with van der Waals surface area (Å²) in [5.74, 6) is 1.18. The molecule has 1 amide bonds. The van der Waals surface area contributed by atoms with Crippen molar-refractivity contribution in [3.05, 3.63) is 118 Å². The number of piperidine rings is 1. The number of ether oxygens (including phenoxy) is 4. The van der Waals surface area contributed by atoms with Gasteiger partial charge in [0, 0.05) is 101 Å². The van der Waals surface area contributed by atoms with Crippen molar-refractivity contribution in [2.24, 2.45) is 11.3 Å². The van der Waals surface area contributed by atoms with Crippen molar-refractivity contribution in [3.63, 3.8) is 0 Å². The summed E-state index contributed by atoms with van der Waals surface area (Å²) in [6.07, 6.45) is 12.4. The fraction of sp³-hybridized carbons (Fsp3) is 0.516. The van der Waals surface area contributed by atoms with Crippen LogP contribution in [0.4, 0.5) is 34.3 Å². The highest BCUT2D eigenvalue weighted by Crippen LogP contribution is 2.54. The normalized spacial score (nSPS) is 24.7. The molecule has 6 aromatic rings. The van der Waals surface area contributed by atoms with Crippen LogP contribution >= 0.6 is 0 Å². The van der Waals surface area contributed by atoms with Gasteiger partial charge in [-0.15, -0.1) is 0 Å². The number of rotatable bonds is 15. The molecule has 1 spiro atoms. The quantitative estimate of drug-likeness (QED) is 0.0564. The van der Waals surface area contributed by atoms with Crippen LogP contribution in [0.15, 0.2) is 90.2 Å². The van der Waals surface area contributed by atoms with Gasteiger partial charge in [-0.2, -0.15) is 4.98 Å². The number of hydrogen-bond donors (Lipinski definition) is 4. The van der Waals surface area contributed by atoms with E-state index >= 15 is 0 Å². The largest absolute Gasteiger partial charge is 0.493 e. The van der Waals surface area contributed by atoms with Gasteiger partial charge in [0.05, 0.1) is 66.0 Å². The number of piperazine rings is 1. The van der Waals surface area contributed by atoms with Crippen LogP contribution in [0.5, 0.6) is 11.6 Å². The highest BCUT2D eigenvalue weighted by atomic mass is 32.2. The lowest BCUT2D eigenvalue weighted by molar-refractivity contribution is -0.384. The second-order valence-corrected chi connectivity index (χ2v) is 26.5. The molecular weight excluding hydrogens is 1100 g/mol. The van der Waals surface area contributed by atoms with E-state index in [2.05, 4.69) is 71.9 Å². The van der Waals surface area contributed by atoms with Crippen LogP contribution in [0.3, 0.4) is 0 Å². The van der Waals surface area contributed by atoms with Crippen molar-refractivity contribution in [3.8, 4) is 11.6 Å². The summed E-state index contributed by atoms with van der Waals surface area (Å²) >= 11 is 0. The number of aryl methyl sites for hydroxylation is 1. The van der Waals surface area contributed by atoms with E-state index in [1.54, 1.807) is 19.5 Å². The molecule has 5 aliphatic heterocycles. The van der Waals surface area contributed by atoms with E-state index in [9.17, 15) is 28.4 Å². The number of nitrogens with zero attached hydrogens (tertiary/aromatic N) is 9. The Labute approximate surface area is 495 Å². The number of morpholine rings is 1. The number of aliphatic hydroxyl groups is 1. The number of amides is 1. The maximum atomic E-state index is 14.8. The van der Waals surface area contributed by atoms with Gasteiger partial charge in [0.15, 0.2) is 17.3 Å². The average Bonchev–Trinajstić information content (AvgIpc) is 1.90. The Kier molecular flexibility index (Phi) is 15.6. The molecule has 4 saturated heterocycles. The van der Waals surface area contributed by atoms with E-state index < -0.39 is 43.1 Å². The molecule has 2 aromatic carbocycles. The first-order valence-corrected chi connectivity index (χ1v) is 31.6. The lowest BCUT2D eigenvalue weighted by Gasteiger charge is -2.58. The lowest BCUT2D eigenvalue weighted by Crippen LogP contribution is -2.59. The van der Waals surface area contributed by atoms with Crippen LogP contribution in [0.25, 0.3) is 11.0 Å². The summed E-state index contributed by atoms with van der Waals surface area (Å²) in [4.78, 5) is 55.9. The fourth-order valence-corrected chi connectivity index (χ4v) is 15.3. The number of nitro groups is 1. The number of carbonyl (C=O) groups excluding carboxylic acids is 1. The minimum absolute atomic E-state index is 0.143. The fourth-order valence-electron chi connectivity index (χ4n) is 14.4. The van der Waals surface area contributed by atoms with E-state index in [-0.39, 0.29) is 41.4 Å². The summed E-state index contributed by atoms with van der Waals surface area (Å²) in [6.45, 7) is 13.2. The molecule has 0 unspecified atom stereocenters. The first-order valence-electron chi connectivity index (χ1n) is 30.1. The third-order valence-electron chi connectivity index (χ3n) is 19.3. The Balaban J connectivity index is 0.736. The van der Waals surface area contributed by atoms with Crippen LogP contribution in [-0.2, 0) is 26.0 Å². The molecule has 4 N–H and O–H groups in total. The van der Waals surface area contributed by atoms with Gasteiger partial charge in [-0.25, -0.2) is 23.1 Å². The van der Waals surface area contributed by atoms with Crippen LogP contribution < -0.4 is 34.2 Å². The van der Waals surface area contributed by atoms with Gasteiger partial charge in [0.2, 0.25) is 5.88 Å². The average molecular weight is 1180 g/mol. The second-order valence-electron chi connectivity index (χ2n) is 24.8. The zero-order chi connectivity index (χ0) is 58.6. The number of aromatic amines is 1. The first-order chi connectivity index (χ1) is 41.1. The smallest absolute Gasteiger partial charge is 0.293 e. The van der Waals surface area contributed by atoms with Crippen LogP contribution in [0.2, 0.25) is 0 Å². The summed E-state index contributed by atoms with van der Waals surface area (Å²) in [6, 6.07) is 20.7. The first kappa shape index (κ1) is 57.0. The Morgan fingerprint density at radius 2 is 1.71 bits per heavy atom. The number of fused-ring (bicyclic) bond motifs is 3. The monoisotopic (exact) mass is 1180 g/mol. The minimum Gasteiger partial charge on any atom is -0.493 e. The van der Waals surface area contributed by atoms with Crippen molar-refractivity contribution in [1.29, 1.82) is 0 Å². The van der Waals surface area contributed by atoms with E-state index in [1.807, 2.05) is 36.2 Å². The molecule has 3 atom stereocenters. The van der Waals surface area contributed by atoms with Crippen molar-refractivity contribution >= 4 is 61.2 Å².